The fourth-order valence-electron chi connectivity index (χ4n) is 0.561. The predicted octanol–water partition coefficient (Wildman–Crippen LogP) is 1.69. The van der Waals surface area contributed by atoms with E-state index in [-0.39, 0.29) is 4.95 Å². The number of aliphatic carboxylic acids is 1. The average molecular weight is 370 g/mol. The lowest BCUT2D eigenvalue weighted by molar-refractivity contribution is -0.304. The molecule has 1 unspecified atom stereocenters. The number of aromatic nitrogens is 1. The molecule has 9 heteroatoms. The number of H-pyrrole nitrogens is 1. The lowest BCUT2D eigenvalue weighted by atomic mass is 10.5. The molecule has 0 saturated carbocycles. The quantitative estimate of drug-likeness (QED) is 0.472. The Morgan fingerprint density at radius 3 is 2.44 bits per heavy atom. The molecule has 0 spiro atoms. The molecule has 0 aromatic carbocycles. The Labute approximate surface area is 120 Å². The van der Waals surface area contributed by atoms with Crippen molar-refractivity contribution in [2.24, 2.45) is 5.73 Å². The molecule has 16 heavy (non-hydrogen) atoms. The highest BCUT2D eigenvalue weighted by molar-refractivity contribution is 9.09. The van der Waals surface area contributed by atoms with E-state index in [4.69, 9.17) is 40.5 Å². The molecule has 1 atom stereocenters. The maximum Gasteiger partial charge on any atom is 0.230 e. The Bertz CT molecular complexity index is 316. The van der Waals surface area contributed by atoms with Crippen molar-refractivity contribution in [3.8, 4) is 0 Å². The summed E-state index contributed by atoms with van der Waals surface area (Å²) in [6.45, 7) is 0. The first-order valence-electron chi connectivity index (χ1n) is 3.85. The van der Waals surface area contributed by atoms with Gasteiger partial charge in [0.1, 0.15) is 0 Å². The summed E-state index contributed by atoms with van der Waals surface area (Å²) in [6.07, 6.45) is 2.78. The molecule has 1 rings (SSSR count). The van der Waals surface area contributed by atoms with Crippen molar-refractivity contribution in [2.75, 3.05) is 0 Å². The second-order valence-corrected chi connectivity index (χ2v) is 6.95. The number of hydrogen-bond acceptors (Lipinski definition) is 4. The summed E-state index contributed by atoms with van der Waals surface area (Å²) in [5, 5.41) is 12.7. The fraction of sp³-hybridized carbons (Fsp3) is 0.429. The van der Waals surface area contributed by atoms with Gasteiger partial charge in [-0.3, -0.25) is 0 Å². The van der Waals surface area contributed by atoms with Crippen LogP contribution in [0.5, 0.6) is 0 Å². The van der Waals surface area contributed by atoms with Crippen molar-refractivity contribution >= 4 is 68.0 Å². The number of alkyl halides is 4. The summed E-state index contributed by atoms with van der Waals surface area (Å²) in [7, 11) is 0. The minimum atomic E-state index is -2.28. The second kappa shape index (κ2) is 7.68. The van der Waals surface area contributed by atoms with E-state index in [0.29, 0.717) is 0 Å². The number of hydrogen-bond donors (Lipinski definition) is 2. The minimum absolute atomic E-state index is 0.0763. The van der Waals surface area contributed by atoms with Crippen LogP contribution in [0.15, 0.2) is 11.6 Å². The molecule has 0 bridgehead atoms. The predicted molar refractivity (Wildman–Crippen MR) is 69.0 cm³/mol. The van der Waals surface area contributed by atoms with Crippen molar-refractivity contribution < 1.29 is 9.90 Å². The average Bonchev–Trinajstić information content (AvgIpc) is 2.54. The third-order valence-corrected chi connectivity index (χ3v) is 2.76. The van der Waals surface area contributed by atoms with Gasteiger partial charge in [-0.05, 0) is 0 Å². The highest BCUT2D eigenvalue weighted by atomic mass is 79.9. The van der Waals surface area contributed by atoms with Crippen LogP contribution >= 0.6 is 62.1 Å². The standard InChI is InChI=1S/C5H8BrN2S.C2HCl3O2/c6-4(7)3-5-8-1-2-9-5;3-2(4,5)1(6)7/h1-2,4,8H,3,7H2;(H,6,7)/q+1;/p-1. The molecule has 0 saturated heterocycles. The van der Waals surface area contributed by atoms with E-state index in [1.807, 2.05) is 11.6 Å². The van der Waals surface area contributed by atoms with E-state index in [1.54, 1.807) is 11.3 Å². The summed E-state index contributed by atoms with van der Waals surface area (Å²) in [5.74, 6) is -1.71. The molecule has 0 radical (unpaired) electrons. The van der Waals surface area contributed by atoms with Gasteiger partial charge in [-0.15, -0.1) is 0 Å². The zero-order valence-corrected chi connectivity index (χ0v) is 12.4. The molecule has 0 fully saturated rings. The first-order chi connectivity index (χ1) is 7.23. The first-order valence-corrected chi connectivity index (χ1v) is 6.78. The molecule has 92 valence electrons. The van der Waals surface area contributed by atoms with E-state index >= 15 is 0 Å². The molecular formula is C7H8BrCl3N2O2S. The van der Waals surface area contributed by atoms with Crippen molar-refractivity contribution in [2.45, 2.75) is 15.2 Å². The molecule has 1 aromatic heterocycles. The Kier molecular flexibility index (Phi) is 7.88. The lowest BCUT2D eigenvalue weighted by Gasteiger charge is -2.09. The number of thiazole rings is 1. The highest BCUT2D eigenvalue weighted by Gasteiger charge is 2.20. The normalized spacial score (nSPS) is 12.6. The van der Waals surface area contributed by atoms with Gasteiger partial charge in [0, 0.05) is 11.3 Å². The summed E-state index contributed by atoms with van der Waals surface area (Å²) >= 11 is 19.2. The van der Waals surface area contributed by atoms with Crippen LogP contribution < -0.4 is 10.8 Å². The Balaban J connectivity index is 0.000000293. The van der Waals surface area contributed by atoms with Crippen LogP contribution in [0.25, 0.3) is 0 Å². The smallest absolute Gasteiger partial charge is 0.230 e. The van der Waals surface area contributed by atoms with Gasteiger partial charge in [0.2, 0.25) is 3.79 Å². The van der Waals surface area contributed by atoms with Crippen LogP contribution in [0.2, 0.25) is 0 Å². The SMILES string of the molecule is NC(Br)C[c+]1[nH]ccs1.O=C([O-])C(Cl)(Cl)Cl. The van der Waals surface area contributed by atoms with Crippen LogP contribution in [0.1, 0.15) is 5.01 Å². The van der Waals surface area contributed by atoms with Crippen molar-refractivity contribution in [1.29, 1.82) is 0 Å². The molecule has 1 aromatic rings. The van der Waals surface area contributed by atoms with Gasteiger partial charge in [-0.2, -0.15) is 0 Å². The summed E-state index contributed by atoms with van der Waals surface area (Å²) in [5.41, 5.74) is 5.49. The Morgan fingerprint density at radius 2 is 2.19 bits per heavy atom. The largest absolute Gasteiger partial charge is 0.545 e. The zero-order chi connectivity index (χ0) is 12.8. The van der Waals surface area contributed by atoms with Crippen LogP contribution in [-0.2, 0) is 11.2 Å². The molecule has 1 heterocycles. The lowest BCUT2D eigenvalue weighted by Crippen LogP contribution is -2.35. The molecule has 0 aliphatic rings. The van der Waals surface area contributed by atoms with Gasteiger partial charge in [0.25, 0.3) is 0 Å². The Hall–Kier alpha value is 0.410. The topological polar surface area (TPSA) is 81.9 Å². The maximum atomic E-state index is 9.51. The number of rotatable bonds is 2. The van der Waals surface area contributed by atoms with E-state index in [0.717, 1.165) is 6.42 Å². The van der Waals surface area contributed by atoms with E-state index in [1.165, 1.54) is 5.01 Å². The molecule has 0 amide bonds. The molecule has 3 N–H and O–H groups in total. The third kappa shape index (κ3) is 8.55. The molecular weight excluding hydrogens is 362 g/mol. The number of carboxylic acid groups (broad SMARTS) is 1. The first kappa shape index (κ1) is 16.4. The highest BCUT2D eigenvalue weighted by Crippen LogP contribution is 2.24. The van der Waals surface area contributed by atoms with E-state index < -0.39 is 9.76 Å². The number of halogens is 4. The van der Waals surface area contributed by atoms with Crippen LogP contribution in [0.4, 0.5) is 0 Å². The van der Waals surface area contributed by atoms with Gasteiger partial charge in [0.15, 0.2) is 16.6 Å². The van der Waals surface area contributed by atoms with Crippen LogP contribution in [0, 0.1) is 0 Å². The number of carbonyl (C=O) groups is 1. The second-order valence-electron chi connectivity index (χ2n) is 2.49. The molecule has 4 nitrogen and oxygen atoms in total. The monoisotopic (exact) mass is 368 g/mol. The maximum absolute atomic E-state index is 9.51. The van der Waals surface area contributed by atoms with Gasteiger partial charge in [-0.25, -0.2) is 4.98 Å². The summed E-state index contributed by atoms with van der Waals surface area (Å²) in [6, 6.07) is 0. The number of carboxylic acids is 1. The zero-order valence-electron chi connectivity index (χ0n) is 7.75. The van der Waals surface area contributed by atoms with Crippen molar-refractivity contribution in [1.82, 2.24) is 4.98 Å². The number of aromatic amines is 1. The number of carbonyl (C=O) groups excluding carboxylic acids is 1. The fourth-order valence-corrected chi connectivity index (χ4v) is 1.81. The minimum Gasteiger partial charge on any atom is -0.545 e. The number of nitrogens with one attached hydrogen (secondary N) is 1. The van der Waals surface area contributed by atoms with Crippen LogP contribution in [0.3, 0.4) is 0 Å². The summed E-state index contributed by atoms with van der Waals surface area (Å²) in [4.78, 5) is 12.7. The van der Waals surface area contributed by atoms with E-state index in [2.05, 4.69) is 20.9 Å². The third-order valence-electron chi connectivity index (χ3n) is 1.13. The van der Waals surface area contributed by atoms with Crippen molar-refractivity contribution in [3.05, 3.63) is 16.6 Å². The van der Waals surface area contributed by atoms with Gasteiger partial charge < -0.3 is 15.6 Å². The van der Waals surface area contributed by atoms with Crippen LogP contribution in [-0.4, -0.2) is 19.7 Å². The van der Waals surface area contributed by atoms with Crippen molar-refractivity contribution in [3.63, 3.8) is 0 Å². The van der Waals surface area contributed by atoms with E-state index in [9.17, 15) is 9.90 Å². The summed E-state index contributed by atoms with van der Waals surface area (Å²) < 4.78 is -2.28. The van der Waals surface area contributed by atoms with Gasteiger partial charge >= 0.3 is 0 Å². The molecule has 0 aliphatic carbocycles. The van der Waals surface area contributed by atoms with Gasteiger partial charge in [-0.1, -0.05) is 50.7 Å². The number of nitrogens with two attached hydrogens (primary N) is 1. The molecule has 0 aliphatic heterocycles. The Morgan fingerprint density at radius 1 is 1.69 bits per heavy atom. The van der Waals surface area contributed by atoms with Gasteiger partial charge in [0.05, 0.1) is 17.3 Å².